The van der Waals surface area contributed by atoms with Gasteiger partial charge >= 0.3 is 0 Å². The Bertz CT molecular complexity index is 304. The second-order valence-corrected chi connectivity index (χ2v) is 3.66. The van der Waals surface area contributed by atoms with Crippen LogP contribution in [0.5, 0.6) is 5.75 Å². The number of ether oxygens (including phenoxy) is 1. The van der Waals surface area contributed by atoms with Crippen LogP contribution in [-0.2, 0) is 4.74 Å². The van der Waals surface area contributed by atoms with Crippen molar-refractivity contribution in [2.24, 2.45) is 0 Å². The van der Waals surface area contributed by atoms with Crippen LogP contribution >= 0.6 is 11.6 Å². The van der Waals surface area contributed by atoms with Gasteiger partial charge in [-0.05, 0) is 12.1 Å². The van der Waals surface area contributed by atoms with Crippen molar-refractivity contribution < 1.29 is 9.84 Å². The topological polar surface area (TPSA) is 41.5 Å². The number of halogens is 1. The van der Waals surface area contributed by atoms with E-state index in [4.69, 9.17) is 16.3 Å². The fourth-order valence-electron chi connectivity index (χ4n) is 1.62. The third kappa shape index (κ3) is 1.85. The minimum absolute atomic E-state index is 0.00236. The van der Waals surface area contributed by atoms with Crippen LogP contribution in [0, 0.1) is 0 Å². The number of rotatable bonds is 1. The summed E-state index contributed by atoms with van der Waals surface area (Å²) in [7, 11) is 0. The highest BCUT2D eigenvalue weighted by atomic mass is 35.5. The van der Waals surface area contributed by atoms with Gasteiger partial charge in [-0.25, -0.2) is 0 Å². The maximum absolute atomic E-state index is 9.66. The molecule has 0 aliphatic carbocycles. The largest absolute Gasteiger partial charge is 0.508 e. The zero-order chi connectivity index (χ0) is 9.97. The number of hydrogen-bond donors (Lipinski definition) is 2. The number of morpholine rings is 1. The molecular weight excluding hydrogens is 202 g/mol. The molecule has 0 aromatic heterocycles. The van der Waals surface area contributed by atoms with Gasteiger partial charge < -0.3 is 15.2 Å². The summed E-state index contributed by atoms with van der Waals surface area (Å²) in [5.74, 6) is 0.223. The Labute approximate surface area is 87.6 Å². The first-order valence-electron chi connectivity index (χ1n) is 4.57. The van der Waals surface area contributed by atoms with Crippen LogP contribution in [0.25, 0.3) is 0 Å². The summed E-state index contributed by atoms with van der Waals surface area (Å²) in [6, 6.07) is 5.13. The summed E-state index contributed by atoms with van der Waals surface area (Å²) in [4.78, 5) is 0. The number of nitrogens with one attached hydrogen (secondary N) is 1. The highest BCUT2D eigenvalue weighted by molar-refractivity contribution is 6.31. The highest BCUT2D eigenvalue weighted by Gasteiger charge is 2.20. The molecule has 0 amide bonds. The predicted molar refractivity (Wildman–Crippen MR) is 54.7 cm³/mol. The fourth-order valence-corrected chi connectivity index (χ4v) is 1.92. The third-order valence-electron chi connectivity index (χ3n) is 2.30. The van der Waals surface area contributed by atoms with Crippen molar-refractivity contribution in [3.63, 3.8) is 0 Å². The molecule has 0 saturated carbocycles. The fraction of sp³-hybridized carbons (Fsp3) is 0.400. The standard InChI is InChI=1S/C10H12ClNO2/c11-7-2-1-3-9(13)10(7)8-6-14-5-4-12-8/h1-3,8,12-13H,4-6H2. The number of phenols is 1. The van der Waals surface area contributed by atoms with Gasteiger partial charge in [-0.15, -0.1) is 0 Å². The van der Waals surface area contributed by atoms with Crippen LogP contribution in [0.4, 0.5) is 0 Å². The molecule has 1 atom stereocenters. The van der Waals surface area contributed by atoms with Crippen molar-refractivity contribution in [1.82, 2.24) is 5.32 Å². The molecule has 1 fully saturated rings. The van der Waals surface area contributed by atoms with Gasteiger partial charge in [0.05, 0.1) is 19.3 Å². The van der Waals surface area contributed by atoms with E-state index in [2.05, 4.69) is 5.32 Å². The van der Waals surface area contributed by atoms with Gasteiger partial charge in [-0.2, -0.15) is 0 Å². The molecule has 1 aromatic carbocycles. The van der Waals surface area contributed by atoms with Gasteiger partial charge in [-0.1, -0.05) is 17.7 Å². The van der Waals surface area contributed by atoms with Crippen molar-refractivity contribution in [2.75, 3.05) is 19.8 Å². The zero-order valence-electron chi connectivity index (χ0n) is 7.66. The van der Waals surface area contributed by atoms with Crippen molar-refractivity contribution >= 4 is 11.6 Å². The predicted octanol–water partition coefficient (Wildman–Crippen LogP) is 1.71. The Hall–Kier alpha value is -0.770. The summed E-state index contributed by atoms with van der Waals surface area (Å²) in [6.07, 6.45) is 0. The molecule has 2 rings (SSSR count). The van der Waals surface area contributed by atoms with E-state index in [1.165, 1.54) is 0 Å². The van der Waals surface area contributed by atoms with Gasteiger partial charge in [-0.3, -0.25) is 0 Å². The van der Waals surface area contributed by atoms with Crippen molar-refractivity contribution in [2.45, 2.75) is 6.04 Å². The summed E-state index contributed by atoms with van der Waals surface area (Å²) in [5.41, 5.74) is 0.730. The molecular formula is C10H12ClNO2. The normalized spacial score (nSPS) is 22.2. The van der Waals surface area contributed by atoms with E-state index in [9.17, 15) is 5.11 Å². The molecule has 0 radical (unpaired) electrons. The van der Waals surface area contributed by atoms with Gasteiger partial charge in [0, 0.05) is 17.1 Å². The first-order chi connectivity index (χ1) is 6.79. The Balaban J connectivity index is 2.29. The van der Waals surface area contributed by atoms with Crippen molar-refractivity contribution in [3.8, 4) is 5.75 Å². The molecule has 0 spiro atoms. The van der Waals surface area contributed by atoms with E-state index in [0.29, 0.717) is 18.2 Å². The number of benzene rings is 1. The Morgan fingerprint density at radius 2 is 2.36 bits per heavy atom. The van der Waals surface area contributed by atoms with E-state index in [1.807, 2.05) is 0 Å². The lowest BCUT2D eigenvalue weighted by Crippen LogP contribution is -2.34. The van der Waals surface area contributed by atoms with Crippen LogP contribution < -0.4 is 5.32 Å². The lowest BCUT2D eigenvalue weighted by Gasteiger charge is -2.25. The number of phenolic OH excluding ortho intramolecular Hbond substituents is 1. The van der Waals surface area contributed by atoms with Crippen LogP contribution in [-0.4, -0.2) is 24.9 Å². The monoisotopic (exact) mass is 213 g/mol. The van der Waals surface area contributed by atoms with Crippen LogP contribution in [0.2, 0.25) is 5.02 Å². The van der Waals surface area contributed by atoms with E-state index in [0.717, 1.165) is 12.1 Å². The lowest BCUT2D eigenvalue weighted by molar-refractivity contribution is 0.0761. The molecule has 2 N–H and O–H groups in total. The molecule has 1 aliphatic heterocycles. The molecule has 4 heteroatoms. The second kappa shape index (κ2) is 4.17. The first-order valence-corrected chi connectivity index (χ1v) is 4.95. The van der Waals surface area contributed by atoms with Gasteiger partial charge in [0.15, 0.2) is 0 Å². The quantitative estimate of drug-likeness (QED) is 0.746. The maximum Gasteiger partial charge on any atom is 0.121 e. The van der Waals surface area contributed by atoms with Gasteiger partial charge in [0.2, 0.25) is 0 Å². The molecule has 3 nitrogen and oxygen atoms in total. The van der Waals surface area contributed by atoms with Gasteiger partial charge in [0.25, 0.3) is 0 Å². The first kappa shape index (κ1) is 9.77. The third-order valence-corrected chi connectivity index (χ3v) is 2.63. The average Bonchev–Trinajstić information content (AvgIpc) is 2.19. The van der Waals surface area contributed by atoms with Crippen LogP contribution in [0.3, 0.4) is 0 Å². The molecule has 0 bridgehead atoms. The number of hydrogen-bond acceptors (Lipinski definition) is 3. The smallest absolute Gasteiger partial charge is 0.121 e. The van der Waals surface area contributed by atoms with Crippen LogP contribution in [0.1, 0.15) is 11.6 Å². The second-order valence-electron chi connectivity index (χ2n) is 3.25. The average molecular weight is 214 g/mol. The molecule has 14 heavy (non-hydrogen) atoms. The molecule has 1 unspecified atom stereocenters. The Morgan fingerprint density at radius 1 is 1.50 bits per heavy atom. The maximum atomic E-state index is 9.66. The summed E-state index contributed by atoms with van der Waals surface area (Å²) < 4.78 is 5.31. The Morgan fingerprint density at radius 3 is 3.00 bits per heavy atom. The van der Waals surface area contributed by atoms with Crippen LogP contribution in [0.15, 0.2) is 18.2 Å². The van der Waals surface area contributed by atoms with E-state index in [1.54, 1.807) is 18.2 Å². The molecule has 1 saturated heterocycles. The summed E-state index contributed by atoms with van der Waals surface area (Å²) in [6.45, 7) is 2.05. The Kier molecular flexibility index (Phi) is 2.91. The minimum atomic E-state index is -0.00236. The lowest BCUT2D eigenvalue weighted by atomic mass is 10.1. The minimum Gasteiger partial charge on any atom is -0.508 e. The van der Waals surface area contributed by atoms with E-state index in [-0.39, 0.29) is 11.8 Å². The summed E-state index contributed by atoms with van der Waals surface area (Å²) >= 11 is 6.01. The van der Waals surface area contributed by atoms with Crippen molar-refractivity contribution in [3.05, 3.63) is 28.8 Å². The molecule has 76 valence electrons. The van der Waals surface area contributed by atoms with E-state index < -0.39 is 0 Å². The number of aromatic hydroxyl groups is 1. The molecule has 1 aliphatic rings. The SMILES string of the molecule is Oc1cccc(Cl)c1C1COCCN1. The summed E-state index contributed by atoms with van der Waals surface area (Å²) in [5, 5.41) is 13.5. The van der Waals surface area contributed by atoms with Crippen molar-refractivity contribution in [1.29, 1.82) is 0 Å². The zero-order valence-corrected chi connectivity index (χ0v) is 8.42. The van der Waals surface area contributed by atoms with E-state index >= 15 is 0 Å². The molecule has 1 heterocycles. The molecule has 1 aromatic rings. The van der Waals surface area contributed by atoms with Gasteiger partial charge in [0.1, 0.15) is 5.75 Å². The highest BCUT2D eigenvalue weighted by Crippen LogP contribution is 2.31.